The standard InChI is InChI=1S/C18H23N3/c19-17-20-11-18(21(17)16-7-8-16)14-5-6-15(18)10-13-4-2-1-3-12(13)9-14/h1-4,14-16H,5-11H2,(H2,19,20). The van der Waals surface area contributed by atoms with Crippen molar-refractivity contribution in [2.75, 3.05) is 6.54 Å². The van der Waals surface area contributed by atoms with Gasteiger partial charge in [-0.2, -0.15) is 0 Å². The molecule has 1 aromatic carbocycles. The number of fused-ring (bicyclic) bond motifs is 1. The first kappa shape index (κ1) is 12.1. The zero-order valence-corrected chi connectivity index (χ0v) is 12.5. The summed E-state index contributed by atoms with van der Waals surface area (Å²) in [6.07, 6.45) is 7.77. The Kier molecular flexibility index (Phi) is 2.31. The molecule has 2 atom stereocenters. The fourth-order valence-electron chi connectivity index (χ4n) is 5.36. The van der Waals surface area contributed by atoms with E-state index >= 15 is 0 Å². The molecule has 3 heteroatoms. The van der Waals surface area contributed by atoms with Crippen molar-refractivity contribution in [3.63, 3.8) is 0 Å². The second kappa shape index (κ2) is 4.02. The van der Waals surface area contributed by atoms with E-state index in [2.05, 4.69) is 29.2 Å². The summed E-state index contributed by atoms with van der Waals surface area (Å²) in [7, 11) is 0. The zero-order chi connectivity index (χ0) is 14.0. The molecule has 0 amide bonds. The Morgan fingerprint density at radius 2 is 1.62 bits per heavy atom. The van der Waals surface area contributed by atoms with Crippen LogP contribution in [-0.4, -0.2) is 29.0 Å². The van der Waals surface area contributed by atoms with Crippen molar-refractivity contribution in [1.82, 2.24) is 4.90 Å². The Hall–Kier alpha value is -1.51. The maximum absolute atomic E-state index is 6.31. The number of benzene rings is 1. The van der Waals surface area contributed by atoms with Gasteiger partial charge in [-0.05, 0) is 61.5 Å². The lowest BCUT2D eigenvalue weighted by Gasteiger charge is -2.44. The number of rotatable bonds is 1. The molecule has 2 bridgehead atoms. The molecule has 1 aliphatic heterocycles. The highest BCUT2D eigenvalue weighted by Crippen LogP contribution is 2.54. The van der Waals surface area contributed by atoms with Crippen molar-refractivity contribution in [3.8, 4) is 0 Å². The molecule has 1 spiro atoms. The second-order valence-electron chi connectivity index (χ2n) is 7.41. The van der Waals surface area contributed by atoms with E-state index in [-0.39, 0.29) is 5.54 Å². The Morgan fingerprint density at radius 3 is 2.19 bits per heavy atom. The highest BCUT2D eigenvalue weighted by atomic mass is 15.4. The van der Waals surface area contributed by atoms with E-state index in [1.165, 1.54) is 38.5 Å². The summed E-state index contributed by atoms with van der Waals surface area (Å²) in [6.45, 7) is 0.943. The fraction of sp³-hybridized carbons (Fsp3) is 0.611. The minimum atomic E-state index is 0.240. The monoisotopic (exact) mass is 281 g/mol. The van der Waals surface area contributed by atoms with Crippen LogP contribution in [0.25, 0.3) is 0 Å². The van der Waals surface area contributed by atoms with Gasteiger partial charge >= 0.3 is 0 Å². The van der Waals surface area contributed by atoms with Crippen molar-refractivity contribution in [1.29, 1.82) is 0 Å². The molecule has 4 aliphatic rings. The van der Waals surface area contributed by atoms with E-state index < -0.39 is 0 Å². The molecule has 2 unspecified atom stereocenters. The van der Waals surface area contributed by atoms with Crippen LogP contribution < -0.4 is 5.73 Å². The molecule has 1 heterocycles. The molecule has 0 aromatic heterocycles. The van der Waals surface area contributed by atoms with E-state index in [4.69, 9.17) is 10.7 Å². The molecule has 110 valence electrons. The molecule has 3 aliphatic carbocycles. The van der Waals surface area contributed by atoms with E-state index in [1.54, 1.807) is 11.1 Å². The number of aliphatic imine (C=N–C) groups is 1. The summed E-state index contributed by atoms with van der Waals surface area (Å²) in [6, 6.07) is 9.75. The van der Waals surface area contributed by atoms with Crippen LogP contribution in [0.1, 0.15) is 36.8 Å². The number of nitrogens with two attached hydrogens (primary N) is 1. The smallest absolute Gasteiger partial charge is 0.192 e. The van der Waals surface area contributed by atoms with Crippen LogP contribution in [0.15, 0.2) is 29.3 Å². The predicted molar refractivity (Wildman–Crippen MR) is 84.1 cm³/mol. The number of hydrogen-bond donors (Lipinski definition) is 1. The number of nitrogens with zero attached hydrogens (tertiary/aromatic N) is 2. The van der Waals surface area contributed by atoms with E-state index in [0.29, 0.717) is 6.04 Å². The Labute approximate surface area is 126 Å². The SMILES string of the molecule is NC1=NCC2(C3CCC2Cc2ccccc2C3)N1C1CC1. The molecule has 0 radical (unpaired) electrons. The first-order valence-electron chi connectivity index (χ1n) is 8.45. The van der Waals surface area contributed by atoms with Gasteiger partial charge in [-0.25, -0.2) is 0 Å². The minimum Gasteiger partial charge on any atom is -0.370 e. The predicted octanol–water partition coefficient (Wildman–Crippen LogP) is 2.34. The Morgan fingerprint density at radius 1 is 1.00 bits per heavy atom. The summed E-state index contributed by atoms with van der Waals surface area (Å²) in [4.78, 5) is 7.29. The molecular formula is C18H23N3. The average molecular weight is 281 g/mol. The Balaban J connectivity index is 1.60. The third-order valence-corrected chi connectivity index (χ3v) is 6.43. The van der Waals surface area contributed by atoms with Gasteiger partial charge in [0.1, 0.15) is 0 Å². The molecule has 0 saturated heterocycles. The van der Waals surface area contributed by atoms with Crippen molar-refractivity contribution < 1.29 is 0 Å². The maximum Gasteiger partial charge on any atom is 0.192 e. The quantitative estimate of drug-likeness (QED) is 0.858. The van der Waals surface area contributed by atoms with Crippen LogP contribution in [0.5, 0.6) is 0 Å². The molecule has 2 saturated carbocycles. The lowest BCUT2D eigenvalue weighted by molar-refractivity contribution is 0.0951. The van der Waals surface area contributed by atoms with Gasteiger partial charge in [0.15, 0.2) is 5.96 Å². The van der Waals surface area contributed by atoms with Gasteiger partial charge in [0.2, 0.25) is 0 Å². The molecule has 1 aromatic rings. The van der Waals surface area contributed by atoms with Crippen molar-refractivity contribution in [2.24, 2.45) is 22.6 Å². The maximum atomic E-state index is 6.31. The summed E-state index contributed by atoms with van der Waals surface area (Å²) >= 11 is 0. The van der Waals surface area contributed by atoms with Crippen molar-refractivity contribution in [2.45, 2.75) is 50.1 Å². The third kappa shape index (κ3) is 1.52. The summed E-state index contributed by atoms with van der Waals surface area (Å²) in [5.41, 5.74) is 9.70. The number of guanidine groups is 1. The molecule has 2 N–H and O–H groups in total. The first-order chi connectivity index (χ1) is 10.3. The van der Waals surface area contributed by atoms with Gasteiger partial charge in [-0.1, -0.05) is 24.3 Å². The lowest BCUT2D eigenvalue weighted by atomic mass is 9.78. The Bertz CT molecular complexity index is 584. The highest BCUT2D eigenvalue weighted by Gasteiger charge is 2.60. The van der Waals surface area contributed by atoms with Crippen LogP contribution in [0.3, 0.4) is 0 Å². The molecule has 21 heavy (non-hydrogen) atoms. The third-order valence-electron chi connectivity index (χ3n) is 6.43. The summed E-state index contributed by atoms with van der Waals surface area (Å²) < 4.78 is 0. The van der Waals surface area contributed by atoms with Crippen LogP contribution in [0, 0.1) is 11.8 Å². The van der Waals surface area contributed by atoms with Crippen LogP contribution in [0.2, 0.25) is 0 Å². The van der Waals surface area contributed by atoms with Gasteiger partial charge < -0.3 is 10.6 Å². The molecular weight excluding hydrogens is 258 g/mol. The number of hydrogen-bond acceptors (Lipinski definition) is 3. The minimum absolute atomic E-state index is 0.240. The summed E-state index contributed by atoms with van der Waals surface area (Å²) in [5.74, 6) is 2.30. The topological polar surface area (TPSA) is 41.6 Å². The van der Waals surface area contributed by atoms with Gasteiger partial charge in [-0.3, -0.25) is 4.99 Å². The second-order valence-corrected chi connectivity index (χ2v) is 7.41. The highest BCUT2D eigenvalue weighted by molar-refractivity contribution is 5.82. The fourth-order valence-corrected chi connectivity index (χ4v) is 5.36. The average Bonchev–Trinajstić information content (AvgIpc) is 3.18. The van der Waals surface area contributed by atoms with Gasteiger partial charge in [0, 0.05) is 6.04 Å². The van der Waals surface area contributed by atoms with Crippen molar-refractivity contribution >= 4 is 5.96 Å². The summed E-state index contributed by atoms with van der Waals surface area (Å²) in [5, 5.41) is 0. The van der Waals surface area contributed by atoms with E-state index in [9.17, 15) is 0 Å². The van der Waals surface area contributed by atoms with Crippen molar-refractivity contribution in [3.05, 3.63) is 35.4 Å². The van der Waals surface area contributed by atoms with E-state index in [1.807, 2.05) is 0 Å². The van der Waals surface area contributed by atoms with Gasteiger partial charge in [0.25, 0.3) is 0 Å². The molecule has 3 nitrogen and oxygen atoms in total. The molecule has 5 rings (SSSR count). The normalized spacial score (nSPS) is 37.5. The van der Waals surface area contributed by atoms with Crippen LogP contribution in [0.4, 0.5) is 0 Å². The van der Waals surface area contributed by atoms with Crippen LogP contribution >= 0.6 is 0 Å². The zero-order valence-electron chi connectivity index (χ0n) is 12.5. The molecule has 2 fully saturated rings. The van der Waals surface area contributed by atoms with E-state index in [0.717, 1.165) is 24.3 Å². The van der Waals surface area contributed by atoms with Gasteiger partial charge in [0.05, 0.1) is 12.1 Å². The van der Waals surface area contributed by atoms with Crippen LogP contribution in [-0.2, 0) is 12.8 Å². The first-order valence-corrected chi connectivity index (χ1v) is 8.45. The lowest BCUT2D eigenvalue weighted by Crippen LogP contribution is -2.58. The largest absolute Gasteiger partial charge is 0.370 e. The van der Waals surface area contributed by atoms with Gasteiger partial charge in [-0.15, -0.1) is 0 Å².